The number of benzene rings is 1. The average Bonchev–Trinajstić information content (AvgIpc) is 2.49. The van der Waals surface area contributed by atoms with Crippen LogP contribution in [0.25, 0.3) is 11.3 Å². The third kappa shape index (κ3) is 2.69. The Balaban J connectivity index is 1.84. The topological polar surface area (TPSA) is 41.0 Å². The Morgan fingerprint density at radius 2 is 1.79 bits per heavy atom. The van der Waals surface area contributed by atoms with Crippen molar-refractivity contribution in [2.24, 2.45) is 0 Å². The van der Waals surface area contributed by atoms with Crippen molar-refractivity contribution in [1.29, 1.82) is 0 Å². The molecular weight excluding hydrogens is 260 g/mol. The van der Waals surface area contributed by atoms with Crippen LogP contribution >= 0.6 is 11.6 Å². The molecule has 0 saturated carbocycles. The number of halogens is 1. The highest BCUT2D eigenvalue weighted by Crippen LogP contribution is 2.26. The number of hydrogen-bond donors (Lipinski definition) is 1. The van der Waals surface area contributed by atoms with Crippen LogP contribution in [0, 0.1) is 0 Å². The van der Waals surface area contributed by atoms with Crippen LogP contribution in [0.5, 0.6) is 0 Å². The monoisotopic (exact) mass is 274 g/mol. The zero-order chi connectivity index (χ0) is 13.1. The fraction of sp³-hybridized carbons (Fsp3) is 0.286. The largest absolute Gasteiger partial charge is 0.353 e. The molecule has 2 aromatic rings. The fourth-order valence-corrected chi connectivity index (χ4v) is 2.43. The van der Waals surface area contributed by atoms with Crippen LogP contribution in [0.2, 0.25) is 5.02 Å². The molecule has 0 unspecified atom stereocenters. The Hall–Kier alpha value is -1.65. The normalized spacial score (nSPS) is 15.5. The van der Waals surface area contributed by atoms with E-state index in [-0.39, 0.29) is 0 Å². The van der Waals surface area contributed by atoms with E-state index >= 15 is 0 Å². The summed E-state index contributed by atoms with van der Waals surface area (Å²) in [6, 6.07) is 11.7. The van der Waals surface area contributed by atoms with Gasteiger partial charge < -0.3 is 10.2 Å². The van der Waals surface area contributed by atoms with Crippen molar-refractivity contribution in [1.82, 2.24) is 15.5 Å². The first-order valence-corrected chi connectivity index (χ1v) is 6.77. The second kappa shape index (κ2) is 5.55. The number of nitrogens with zero attached hydrogens (tertiary/aromatic N) is 3. The first-order chi connectivity index (χ1) is 9.34. The summed E-state index contributed by atoms with van der Waals surface area (Å²) in [6.45, 7) is 3.93. The lowest BCUT2D eigenvalue weighted by Crippen LogP contribution is -2.43. The zero-order valence-corrected chi connectivity index (χ0v) is 11.3. The van der Waals surface area contributed by atoms with Crippen LogP contribution in [-0.2, 0) is 0 Å². The van der Waals surface area contributed by atoms with Gasteiger partial charge in [-0.1, -0.05) is 29.8 Å². The van der Waals surface area contributed by atoms with Gasteiger partial charge in [0.2, 0.25) is 0 Å². The lowest BCUT2D eigenvalue weighted by atomic mass is 10.1. The predicted molar refractivity (Wildman–Crippen MR) is 77.6 cm³/mol. The summed E-state index contributed by atoms with van der Waals surface area (Å²) in [5.74, 6) is 0.928. The maximum Gasteiger partial charge on any atom is 0.151 e. The lowest BCUT2D eigenvalue weighted by molar-refractivity contribution is 0.583. The zero-order valence-electron chi connectivity index (χ0n) is 10.5. The van der Waals surface area contributed by atoms with E-state index in [1.54, 1.807) is 0 Å². The highest BCUT2D eigenvalue weighted by atomic mass is 35.5. The molecule has 4 nitrogen and oxygen atoms in total. The molecule has 5 heteroatoms. The van der Waals surface area contributed by atoms with Crippen LogP contribution in [0.15, 0.2) is 36.4 Å². The van der Waals surface area contributed by atoms with E-state index in [0.29, 0.717) is 5.02 Å². The van der Waals surface area contributed by atoms with Crippen LogP contribution in [0.4, 0.5) is 5.82 Å². The predicted octanol–water partition coefficient (Wildman–Crippen LogP) is 2.21. The summed E-state index contributed by atoms with van der Waals surface area (Å²) >= 11 is 6.16. The van der Waals surface area contributed by atoms with Crippen LogP contribution < -0.4 is 10.2 Å². The minimum atomic E-state index is 0.701. The Kier molecular flexibility index (Phi) is 3.62. The molecule has 1 fully saturated rings. The second-order valence-electron chi connectivity index (χ2n) is 4.49. The second-order valence-corrected chi connectivity index (χ2v) is 4.90. The quantitative estimate of drug-likeness (QED) is 0.912. The minimum Gasteiger partial charge on any atom is -0.353 e. The van der Waals surface area contributed by atoms with Crippen molar-refractivity contribution in [3.05, 3.63) is 41.4 Å². The molecule has 0 radical (unpaired) electrons. The van der Waals surface area contributed by atoms with Gasteiger partial charge in [-0.25, -0.2) is 0 Å². The molecule has 1 aromatic carbocycles. The molecule has 0 aliphatic carbocycles. The third-order valence-corrected chi connectivity index (χ3v) is 3.57. The van der Waals surface area contributed by atoms with Crippen LogP contribution in [0.1, 0.15) is 0 Å². The third-order valence-electron chi connectivity index (χ3n) is 3.24. The first-order valence-electron chi connectivity index (χ1n) is 6.39. The molecule has 1 N–H and O–H groups in total. The summed E-state index contributed by atoms with van der Waals surface area (Å²) in [4.78, 5) is 2.24. The molecule has 2 heterocycles. The van der Waals surface area contributed by atoms with Gasteiger partial charge >= 0.3 is 0 Å². The summed E-state index contributed by atoms with van der Waals surface area (Å²) in [7, 11) is 0. The number of rotatable bonds is 2. The van der Waals surface area contributed by atoms with Gasteiger partial charge in [0.1, 0.15) is 0 Å². The molecule has 1 aromatic heterocycles. The number of hydrogen-bond acceptors (Lipinski definition) is 4. The van der Waals surface area contributed by atoms with Crippen molar-refractivity contribution in [2.75, 3.05) is 31.1 Å². The number of anilines is 1. The van der Waals surface area contributed by atoms with E-state index in [0.717, 1.165) is 43.3 Å². The Morgan fingerprint density at radius 1 is 1.00 bits per heavy atom. The van der Waals surface area contributed by atoms with E-state index in [4.69, 9.17) is 11.6 Å². The van der Waals surface area contributed by atoms with E-state index in [9.17, 15) is 0 Å². The average molecular weight is 275 g/mol. The fourth-order valence-electron chi connectivity index (χ4n) is 2.20. The van der Waals surface area contributed by atoms with Gasteiger partial charge in [0, 0.05) is 31.7 Å². The van der Waals surface area contributed by atoms with E-state index in [1.807, 2.05) is 36.4 Å². The van der Waals surface area contributed by atoms with Crippen molar-refractivity contribution in [2.45, 2.75) is 0 Å². The summed E-state index contributed by atoms with van der Waals surface area (Å²) < 4.78 is 0. The van der Waals surface area contributed by atoms with Gasteiger partial charge in [0.05, 0.1) is 10.7 Å². The summed E-state index contributed by atoms with van der Waals surface area (Å²) in [5, 5.41) is 12.6. The SMILES string of the molecule is Clc1ccccc1-c1ccc(N2CCNCC2)nn1. The summed E-state index contributed by atoms with van der Waals surface area (Å²) in [5.41, 5.74) is 1.73. The van der Waals surface area contributed by atoms with Crippen LogP contribution in [-0.4, -0.2) is 36.4 Å². The molecule has 0 spiro atoms. The van der Waals surface area contributed by atoms with Crippen molar-refractivity contribution in [3.63, 3.8) is 0 Å². The van der Waals surface area contributed by atoms with Crippen molar-refractivity contribution < 1.29 is 0 Å². The molecule has 1 aliphatic heterocycles. The maximum atomic E-state index is 6.16. The maximum absolute atomic E-state index is 6.16. The minimum absolute atomic E-state index is 0.701. The van der Waals surface area contributed by atoms with Crippen molar-refractivity contribution >= 4 is 17.4 Å². The molecule has 0 atom stereocenters. The van der Waals surface area contributed by atoms with Crippen LogP contribution in [0.3, 0.4) is 0 Å². The Bertz CT molecular complexity index is 550. The summed E-state index contributed by atoms with van der Waals surface area (Å²) in [6.07, 6.45) is 0. The number of aromatic nitrogens is 2. The number of piperazine rings is 1. The van der Waals surface area contributed by atoms with Gasteiger partial charge in [0.15, 0.2) is 5.82 Å². The number of nitrogens with one attached hydrogen (secondary N) is 1. The molecule has 0 bridgehead atoms. The Labute approximate surface area is 117 Å². The Morgan fingerprint density at radius 3 is 2.47 bits per heavy atom. The van der Waals surface area contributed by atoms with E-state index < -0.39 is 0 Å². The lowest BCUT2D eigenvalue weighted by Gasteiger charge is -2.27. The van der Waals surface area contributed by atoms with Gasteiger partial charge in [-0.3, -0.25) is 0 Å². The van der Waals surface area contributed by atoms with Gasteiger partial charge in [0.25, 0.3) is 0 Å². The molecule has 0 amide bonds. The molecule has 1 aliphatic rings. The van der Waals surface area contributed by atoms with Crippen molar-refractivity contribution in [3.8, 4) is 11.3 Å². The first kappa shape index (κ1) is 12.4. The molecule has 3 rings (SSSR count). The van der Waals surface area contributed by atoms with Gasteiger partial charge in [-0.05, 0) is 18.2 Å². The molecule has 19 heavy (non-hydrogen) atoms. The van der Waals surface area contributed by atoms with Gasteiger partial charge in [-0.2, -0.15) is 0 Å². The van der Waals surface area contributed by atoms with E-state index in [1.165, 1.54) is 0 Å². The highest BCUT2D eigenvalue weighted by Gasteiger charge is 2.12. The standard InChI is InChI=1S/C14H15ClN4/c15-12-4-2-1-3-11(12)13-5-6-14(18-17-13)19-9-7-16-8-10-19/h1-6,16H,7-10H2. The highest BCUT2D eigenvalue weighted by molar-refractivity contribution is 6.33. The van der Waals surface area contributed by atoms with Gasteiger partial charge in [-0.15, -0.1) is 10.2 Å². The molecule has 1 saturated heterocycles. The van der Waals surface area contributed by atoms with E-state index in [2.05, 4.69) is 20.4 Å². The molecular formula is C14H15ClN4. The molecule has 98 valence electrons. The smallest absolute Gasteiger partial charge is 0.151 e.